The van der Waals surface area contributed by atoms with Crippen molar-refractivity contribution in [3.63, 3.8) is 0 Å². The Labute approximate surface area is 166 Å². The summed E-state index contributed by atoms with van der Waals surface area (Å²) in [5.41, 5.74) is 0.183. The van der Waals surface area contributed by atoms with Crippen molar-refractivity contribution in [3.05, 3.63) is 48.0 Å². The van der Waals surface area contributed by atoms with Crippen molar-refractivity contribution >= 4 is 23.5 Å². The minimum Gasteiger partial charge on any atom is -0.490 e. The van der Waals surface area contributed by atoms with Gasteiger partial charge in [0.25, 0.3) is 0 Å². The summed E-state index contributed by atoms with van der Waals surface area (Å²) in [6.07, 6.45) is 2.93. The molecule has 1 saturated heterocycles. The van der Waals surface area contributed by atoms with Crippen molar-refractivity contribution in [2.75, 3.05) is 32.1 Å². The summed E-state index contributed by atoms with van der Waals surface area (Å²) in [5.74, 6) is -0.266. The van der Waals surface area contributed by atoms with Crippen LogP contribution in [0.5, 0.6) is 5.75 Å². The topological polar surface area (TPSA) is 81.6 Å². The molecular weight excluding hydrogens is 385 g/mol. The van der Waals surface area contributed by atoms with Crippen LogP contribution in [-0.2, 0) is 9.53 Å². The number of thioether (sulfide) groups is 1. The van der Waals surface area contributed by atoms with Crippen molar-refractivity contribution in [3.8, 4) is 5.75 Å². The van der Waals surface area contributed by atoms with Crippen molar-refractivity contribution in [2.45, 2.75) is 18.2 Å². The zero-order valence-electron chi connectivity index (χ0n) is 15.3. The summed E-state index contributed by atoms with van der Waals surface area (Å²) in [4.78, 5) is 34.0. The smallest absolute Gasteiger partial charge is 0.233 e. The van der Waals surface area contributed by atoms with Gasteiger partial charge in [0.05, 0.1) is 24.5 Å². The van der Waals surface area contributed by atoms with E-state index in [0.29, 0.717) is 30.6 Å². The molecule has 7 nitrogen and oxygen atoms in total. The standard InChI is InChI=1S/C19H20FN3O4S/c1-13(24)16-9-14(20)3-4-17(16)27-11-15-10-23(7-8-26-15)18(25)12-28-19-21-5-2-6-22-19/h2-6,9,15H,7-8,10-12H2,1H3. The van der Waals surface area contributed by atoms with Gasteiger partial charge in [0.1, 0.15) is 24.3 Å². The fraction of sp³-hybridized carbons (Fsp3) is 0.368. The summed E-state index contributed by atoms with van der Waals surface area (Å²) >= 11 is 1.28. The maximum Gasteiger partial charge on any atom is 0.233 e. The normalized spacial score (nSPS) is 16.6. The zero-order valence-corrected chi connectivity index (χ0v) is 16.2. The Balaban J connectivity index is 1.52. The van der Waals surface area contributed by atoms with Crippen LogP contribution in [0.3, 0.4) is 0 Å². The second-order valence-electron chi connectivity index (χ2n) is 6.16. The first-order chi connectivity index (χ1) is 13.5. The third-order valence-corrected chi connectivity index (χ3v) is 4.96. The fourth-order valence-corrected chi connectivity index (χ4v) is 3.42. The first-order valence-electron chi connectivity index (χ1n) is 8.75. The third kappa shape index (κ3) is 5.49. The largest absolute Gasteiger partial charge is 0.490 e. The molecule has 3 rings (SSSR count). The predicted octanol–water partition coefficient (Wildman–Crippen LogP) is 2.22. The Kier molecular flexibility index (Phi) is 6.94. The summed E-state index contributed by atoms with van der Waals surface area (Å²) in [5, 5.41) is 0.553. The number of nitrogens with zero attached hydrogens (tertiary/aromatic N) is 3. The van der Waals surface area contributed by atoms with Gasteiger partial charge in [0.15, 0.2) is 10.9 Å². The van der Waals surface area contributed by atoms with Crippen molar-refractivity contribution < 1.29 is 23.5 Å². The molecule has 28 heavy (non-hydrogen) atoms. The highest BCUT2D eigenvalue weighted by Crippen LogP contribution is 2.21. The molecule has 2 heterocycles. The lowest BCUT2D eigenvalue weighted by molar-refractivity contribution is -0.137. The highest BCUT2D eigenvalue weighted by molar-refractivity contribution is 7.99. The average molecular weight is 405 g/mol. The zero-order chi connectivity index (χ0) is 19.9. The van der Waals surface area contributed by atoms with Gasteiger partial charge in [-0.1, -0.05) is 11.8 Å². The van der Waals surface area contributed by atoms with Crippen LogP contribution in [-0.4, -0.2) is 64.7 Å². The van der Waals surface area contributed by atoms with Crippen molar-refractivity contribution in [2.24, 2.45) is 0 Å². The Morgan fingerprint density at radius 3 is 2.89 bits per heavy atom. The second kappa shape index (κ2) is 9.61. The number of rotatable bonds is 7. The molecule has 1 aliphatic rings. The van der Waals surface area contributed by atoms with Gasteiger partial charge in [-0.15, -0.1) is 0 Å². The molecule has 0 N–H and O–H groups in total. The molecule has 0 radical (unpaired) electrons. The van der Waals surface area contributed by atoms with Crippen LogP contribution in [0.1, 0.15) is 17.3 Å². The molecule has 0 spiro atoms. The monoisotopic (exact) mass is 405 g/mol. The Morgan fingerprint density at radius 2 is 2.14 bits per heavy atom. The average Bonchev–Trinajstić information content (AvgIpc) is 2.72. The predicted molar refractivity (Wildman–Crippen MR) is 101 cm³/mol. The van der Waals surface area contributed by atoms with E-state index in [1.165, 1.54) is 30.8 Å². The molecule has 1 atom stereocenters. The first-order valence-corrected chi connectivity index (χ1v) is 9.74. The summed E-state index contributed by atoms with van der Waals surface area (Å²) in [7, 11) is 0. The number of carbonyl (C=O) groups excluding carboxylic acids is 2. The SMILES string of the molecule is CC(=O)c1cc(F)ccc1OCC1CN(C(=O)CSc2ncccn2)CCO1. The number of hydrogen-bond donors (Lipinski definition) is 0. The van der Waals surface area contributed by atoms with Gasteiger partial charge in [-0.2, -0.15) is 0 Å². The molecule has 2 aromatic rings. The van der Waals surface area contributed by atoms with Gasteiger partial charge in [0, 0.05) is 18.9 Å². The number of aromatic nitrogens is 2. The van der Waals surface area contributed by atoms with Gasteiger partial charge in [0.2, 0.25) is 5.91 Å². The Morgan fingerprint density at radius 1 is 1.36 bits per heavy atom. The van der Waals surface area contributed by atoms with Crippen molar-refractivity contribution in [1.29, 1.82) is 0 Å². The molecule has 1 fully saturated rings. The number of amides is 1. The van der Waals surface area contributed by atoms with E-state index in [9.17, 15) is 14.0 Å². The van der Waals surface area contributed by atoms with E-state index < -0.39 is 5.82 Å². The maximum atomic E-state index is 13.4. The van der Waals surface area contributed by atoms with Gasteiger partial charge in [-0.3, -0.25) is 9.59 Å². The van der Waals surface area contributed by atoms with E-state index in [2.05, 4.69) is 9.97 Å². The number of halogens is 1. The van der Waals surface area contributed by atoms with E-state index in [1.807, 2.05) is 0 Å². The van der Waals surface area contributed by atoms with E-state index in [-0.39, 0.29) is 35.7 Å². The quantitative estimate of drug-likeness (QED) is 0.397. The fourth-order valence-electron chi connectivity index (χ4n) is 2.71. The number of Topliss-reactive ketones (excluding diaryl/α,β-unsaturated/α-hetero) is 1. The van der Waals surface area contributed by atoms with Crippen LogP contribution in [0.25, 0.3) is 0 Å². The first kappa shape index (κ1) is 20.2. The molecule has 9 heteroatoms. The molecule has 148 valence electrons. The second-order valence-corrected chi connectivity index (χ2v) is 7.10. The summed E-state index contributed by atoms with van der Waals surface area (Å²) < 4.78 is 24.7. The highest BCUT2D eigenvalue weighted by atomic mass is 32.2. The number of ketones is 1. The molecule has 0 aliphatic carbocycles. The Bertz CT molecular complexity index is 837. The highest BCUT2D eigenvalue weighted by Gasteiger charge is 2.25. The molecule has 1 unspecified atom stereocenters. The molecule has 1 aromatic heterocycles. The van der Waals surface area contributed by atoms with Crippen LogP contribution in [0, 0.1) is 5.82 Å². The van der Waals surface area contributed by atoms with Crippen LogP contribution in [0.4, 0.5) is 4.39 Å². The van der Waals surface area contributed by atoms with E-state index in [0.717, 1.165) is 6.07 Å². The number of morpholine rings is 1. The minimum atomic E-state index is -0.497. The van der Waals surface area contributed by atoms with Crippen LogP contribution >= 0.6 is 11.8 Å². The third-order valence-electron chi connectivity index (χ3n) is 4.10. The number of carbonyl (C=O) groups is 2. The van der Waals surface area contributed by atoms with Gasteiger partial charge >= 0.3 is 0 Å². The number of hydrogen-bond acceptors (Lipinski definition) is 7. The summed E-state index contributed by atoms with van der Waals surface area (Å²) in [6.45, 7) is 2.79. The molecule has 1 aliphatic heterocycles. The summed E-state index contributed by atoms with van der Waals surface area (Å²) in [6, 6.07) is 5.53. The maximum absolute atomic E-state index is 13.4. The van der Waals surface area contributed by atoms with E-state index in [4.69, 9.17) is 9.47 Å². The molecular formula is C19H20FN3O4S. The number of benzene rings is 1. The molecule has 1 amide bonds. The van der Waals surface area contributed by atoms with Crippen molar-refractivity contribution in [1.82, 2.24) is 14.9 Å². The van der Waals surface area contributed by atoms with Gasteiger partial charge in [-0.25, -0.2) is 14.4 Å². The van der Waals surface area contributed by atoms with Gasteiger partial charge < -0.3 is 14.4 Å². The van der Waals surface area contributed by atoms with Gasteiger partial charge in [-0.05, 0) is 31.2 Å². The molecule has 0 bridgehead atoms. The van der Waals surface area contributed by atoms with E-state index in [1.54, 1.807) is 23.4 Å². The molecule has 0 saturated carbocycles. The minimum absolute atomic E-state index is 0.0306. The lowest BCUT2D eigenvalue weighted by atomic mass is 10.1. The molecule has 1 aromatic carbocycles. The number of ether oxygens (including phenoxy) is 2. The van der Waals surface area contributed by atoms with E-state index >= 15 is 0 Å². The Hall–Kier alpha value is -2.52. The van der Waals surface area contributed by atoms with Crippen LogP contribution in [0.2, 0.25) is 0 Å². The van der Waals surface area contributed by atoms with Crippen LogP contribution < -0.4 is 4.74 Å². The lowest BCUT2D eigenvalue weighted by Gasteiger charge is -2.32. The van der Waals surface area contributed by atoms with Crippen LogP contribution in [0.15, 0.2) is 41.8 Å². The lowest BCUT2D eigenvalue weighted by Crippen LogP contribution is -2.48.